The van der Waals surface area contributed by atoms with Crippen LogP contribution in [0.1, 0.15) is 28.8 Å². The van der Waals surface area contributed by atoms with Gasteiger partial charge in [-0.2, -0.15) is 0 Å². The van der Waals surface area contributed by atoms with Crippen molar-refractivity contribution in [3.8, 4) is 5.75 Å². The fourth-order valence-electron chi connectivity index (χ4n) is 3.28. The van der Waals surface area contributed by atoms with E-state index >= 15 is 0 Å². The molecule has 0 N–H and O–H groups in total. The number of amides is 1. The van der Waals surface area contributed by atoms with Gasteiger partial charge < -0.3 is 14.4 Å². The molecule has 3 rings (SSSR count). The molecule has 5 nitrogen and oxygen atoms in total. The quantitative estimate of drug-likeness (QED) is 0.706. The van der Waals surface area contributed by atoms with E-state index in [0.717, 1.165) is 17.7 Å². The third-order valence-corrected chi connectivity index (χ3v) is 4.75. The van der Waals surface area contributed by atoms with Crippen LogP contribution in [0.25, 0.3) is 0 Å². The summed E-state index contributed by atoms with van der Waals surface area (Å²) in [7, 11) is 1.65. The van der Waals surface area contributed by atoms with Gasteiger partial charge in [0.2, 0.25) is 5.91 Å². The van der Waals surface area contributed by atoms with Gasteiger partial charge in [-0.1, -0.05) is 42.5 Å². The largest absolute Gasteiger partial charge is 0.497 e. The van der Waals surface area contributed by atoms with Crippen LogP contribution in [0.2, 0.25) is 0 Å². The maximum Gasteiger partial charge on any atom is 0.223 e. The molecule has 1 saturated heterocycles. The highest BCUT2D eigenvalue weighted by Crippen LogP contribution is 2.18. The number of ketones is 1. The summed E-state index contributed by atoms with van der Waals surface area (Å²) in [6.07, 6.45) is 1.16. The summed E-state index contributed by atoms with van der Waals surface area (Å²) >= 11 is 0. The molecule has 1 fully saturated rings. The Balaban J connectivity index is 1.51. The van der Waals surface area contributed by atoms with E-state index in [1.165, 1.54) is 0 Å². The van der Waals surface area contributed by atoms with Crippen LogP contribution in [0.3, 0.4) is 0 Å². The van der Waals surface area contributed by atoms with Crippen molar-refractivity contribution >= 4 is 11.7 Å². The Bertz CT molecular complexity index is 775. The second-order valence-electron chi connectivity index (χ2n) is 6.68. The molecular formula is C22H25NO4. The van der Waals surface area contributed by atoms with Gasteiger partial charge in [-0.15, -0.1) is 0 Å². The van der Waals surface area contributed by atoms with Crippen LogP contribution in [-0.4, -0.2) is 49.5 Å². The molecule has 0 spiro atoms. The van der Waals surface area contributed by atoms with Gasteiger partial charge in [-0.25, -0.2) is 0 Å². The second-order valence-corrected chi connectivity index (χ2v) is 6.68. The van der Waals surface area contributed by atoms with Gasteiger partial charge in [-0.05, 0) is 17.7 Å². The molecule has 2 aromatic carbocycles. The minimum absolute atomic E-state index is 0.00476. The van der Waals surface area contributed by atoms with Crippen molar-refractivity contribution in [2.45, 2.75) is 25.4 Å². The Morgan fingerprint density at radius 2 is 1.93 bits per heavy atom. The number of benzene rings is 2. The van der Waals surface area contributed by atoms with E-state index < -0.39 is 0 Å². The van der Waals surface area contributed by atoms with Gasteiger partial charge in [0.15, 0.2) is 5.78 Å². The molecule has 0 radical (unpaired) electrons. The second kappa shape index (κ2) is 9.33. The number of methoxy groups -OCH3 is 1. The fraction of sp³-hybridized carbons (Fsp3) is 0.364. The van der Waals surface area contributed by atoms with Crippen LogP contribution in [0.4, 0.5) is 0 Å². The molecule has 1 aliphatic rings. The van der Waals surface area contributed by atoms with Crippen molar-refractivity contribution in [2.24, 2.45) is 0 Å². The molecule has 0 saturated carbocycles. The van der Waals surface area contributed by atoms with E-state index in [2.05, 4.69) is 0 Å². The minimum Gasteiger partial charge on any atom is -0.497 e. The van der Waals surface area contributed by atoms with Gasteiger partial charge in [-0.3, -0.25) is 9.59 Å². The van der Waals surface area contributed by atoms with Gasteiger partial charge in [0.05, 0.1) is 19.8 Å². The predicted molar refractivity (Wildman–Crippen MR) is 103 cm³/mol. The average molecular weight is 367 g/mol. The van der Waals surface area contributed by atoms with Gasteiger partial charge in [0.1, 0.15) is 5.75 Å². The molecule has 0 bridgehead atoms. The lowest BCUT2D eigenvalue weighted by molar-refractivity contribution is -0.138. The Morgan fingerprint density at radius 3 is 2.70 bits per heavy atom. The highest BCUT2D eigenvalue weighted by atomic mass is 16.5. The van der Waals surface area contributed by atoms with Crippen LogP contribution in [0, 0.1) is 0 Å². The Labute approximate surface area is 159 Å². The SMILES string of the molecule is COc1cccc(C[C@H]2CN(C(=O)CCC(=O)c3ccccc3)CCO2)c1. The number of nitrogens with zero attached hydrogens (tertiary/aromatic N) is 1. The first-order valence-corrected chi connectivity index (χ1v) is 9.26. The van der Waals surface area contributed by atoms with E-state index in [9.17, 15) is 9.59 Å². The molecule has 0 unspecified atom stereocenters. The molecule has 1 heterocycles. The number of morpholine rings is 1. The number of hydrogen-bond donors (Lipinski definition) is 0. The monoisotopic (exact) mass is 367 g/mol. The Morgan fingerprint density at radius 1 is 1.11 bits per heavy atom. The number of ether oxygens (including phenoxy) is 2. The number of hydrogen-bond acceptors (Lipinski definition) is 4. The van der Waals surface area contributed by atoms with Gasteiger partial charge in [0, 0.05) is 37.9 Å². The zero-order valence-electron chi connectivity index (χ0n) is 15.6. The molecule has 27 heavy (non-hydrogen) atoms. The van der Waals surface area contributed by atoms with Crippen LogP contribution in [0.15, 0.2) is 54.6 Å². The lowest BCUT2D eigenvalue weighted by atomic mass is 10.0. The lowest BCUT2D eigenvalue weighted by Gasteiger charge is -2.33. The third-order valence-electron chi connectivity index (χ3n) is 4.75. The summed E-state index contributed by atoms with van der Waals surface area (Å²) in [4.78, 5) is 26.5. The average Bonchev–Trinajstić information content (AvgIpc) is 2.72. The van der Waals surface area contributed by atoms with Gasteiger partial charge in [0.25, 0.3) is 0 Å². The van der Waals surface area contributed by atoms with E-state index in [4.69, 9.17) is 9.47 Å². The standard InChI is InChI=1S/C22H25NO4/c1-26-19-9-5-6-17(14-19)15-20-16-23(12-13-27-20)22(25)11-10-21(24)18-7-3-2-4-8-18/h2-9,14,20H,10-13,15-16H2,1H3/t20-/m0/s1. The molecule has 5 heteroatoms. The van der Waals surface area contributed by atoms with Crippen LogP contribution in [-0.2, 0) is 16.0 Å². The van der Waals surface area contributed by atoms with Crippen LogP contribution in [0.5, 0.6) is 5.75 Å². The highest BCUT2D eigenvalue weighted by Gasteiger charge is 2.24. The molecular weight excluding hydrogens is 342 g/mol. The van der Waals surface area contributed by atoms with Crippen molar-refractivity contribution < 1.29 is 19.1 Å². The molecule has 142 valence electrons. The van der Waals surface area contributed by atoms with Gasteiger partial charge >= 0.3 is 0 Å². The summed E-state index contributed by atoms with van der Waals surface area (Å²) in [5, 5.41) is 0. The summed E-state index contributed by atoms with van der Waals surface area (Å²) < 4.78 is 11.1. The summed E-state index contributed by atoms with van der Waals surface area (Å²) in [5.74, 6) is 0.832. The van der Waals surface area contributed by atoms with E-state index in [1.807, 2.05) is 47.4 Å². The normalized spacial score (nSPS) is 16.8. The molecule has 0 aliphatic carbocycles. The number of Topliss-reactive ketones (excluding diaryl/α,β-unsaturated/α-hetero) is 1. The number of carbonyl (C=O) groups is 2. The maximum absolute atomic E-state index is 12.5. The number of rotatable bonds is 7. The summed E-state index contributed by atoms with van der Waals surface area (Å²) in [5.41, 5.74) is 1.77. The summed E-state index contributed by atoms with van der Waals surface area (Å²) in [6, 6.07) is 17.0. The molecule has 1 amide bonds. The maximum atomic E-state index is 12.5. The first-order chi connectivity index (χ1) is 13.2. The van der Waals surface area contributed by atoms with Crippen molar-refractivity contribution in [3.63, 3.8) is 0 Å². The fourth-order valence-corrected chi connectivity index (χ4v) is 3.28. The molecule has 0 aromatic heterocycles. The van der Waals surface area contributed by atoms with Crippen molar-refractivity contribution in [1.82, 2.24) is 4.90 Å². The molecule has 1 aliphatic heterocycles. The third kappa shape index (κ3) is 5.41. The van der Waals surface area contributed by atoms with E-state index in [-0.39, 0.29) is 30.6 Å². The van der Waals surface area contributed by atoms with E-state index in [1.54, 1.807) is 19.2 Å². The summed E-state index contributed by atoms with van der Waals surface area (Å²) in [6.45, 7) is 1.65. The highest BCUT2D eigenvalue weighted by molar-refractivity contribution is 5.97. The number of carbonyl (C=O) groups excluding carboxylic acids is 2. The first-order valence-electron chi connectivity index (χ1n) is 9.26. The zero-order valence-corrected chi connectivity index (χ0v) is 15.6. The molecule has 1 atom stereocenters. The first kappa shape index (κ1) is 19.1. The predicted octanol–water partition coefficient (Wildman–Crippen LogP) is 3.13. The molecule has 2 aromatic rings. The minimum atomic E-state index is -0.0420. The topological polar surface area (TPSA) is 55.8 Å². The van der Waals surface area contributed by atoms with E-state index in [0.29, 0.717) is 25.3 Å². The lowest BCUT2D eigenvalue weighted by Crippen LogP contribution is -2.46. The smallest absolute Gasteiger partial charge is 0.223 e. The van der Waals surface area contributed by atoms with Crippen LogP contribution >= 0.6 is 0 Å². The Hall–Kier alpha value is -2.66. The van der Waals surface area contributed by atoms with Crippen LogP contribution < -0.4 is 4.74 Å². The van der Waals surface area contributed by atoms with Crippen molar-refractivity contribution in [3.05, 3.63) is 65.7 Å². The Kier molecular flexibility index (Phi) is 6.60. The zero-order chi connectivity index (χ0) is 19.1. The van der Waals surface area contributed by atoms with Crippen molar-refractivity contribution in [2.75, 3.05) is 26.8 Å². The van der Waals surface area contributed by atoms with Crippen molar-refractivity contribution in [1.29, 1.82) is 0 Å².